The normalized spacial score (nSPS) is 9.08. The van der Waals surface area contributed by atoms with Gasteiger partial charge in [0.1, 0.15) is 5.56 Å². The SMILES string of the molecule is C#Cc1c(N)cc(C)nc1OC. The van der Waals surface area contributed by atoms with E-state index in [2.05, 4.69) is 10.9 Å². The first-order valence-electron chi connectivity index (χ1n) is 3.46. The lowest BCUT2D eigenvalue weighted by molar-refractivity contribution is 0.396. The highest BCUT2D eigenvalue weighted by Gasteiger charge is 2.06. The van der Waals surface area contributed by atoms with Gasteiger partial charge in [0, 0.05) is 5.69 Å². The van der Waals surface area contributed by atoms with E-state index in [-0.39, 0.29) is 0 Å². The van der Waals surface area contributed by atoms with E-state index >= 15 is 0 Å². The molecule has 0 aromatic carbocycles. The maximum absolute atomic E-state index is 5.65. The smallest absolute Gasteiger partial charge is 0.231 e. The van der Waals surface area contributed by atoms with Gasteiger partial charge in [0.25, 0.3) is 0 Å². The number of rotatable bonds is 1. The molecule has 1 aromatic heterocycles. The number of hydrogen-bond donors (Lipinski definition) is 1. The van der Waals surface area contributed by atoms with Gasteiger partial charge >= 0.3 is 0 Å². The molecule has 62 valence electrons. The predicted molar refractivity (Wildman–Crippen MR) is 47.9 cm³/mol. The summed E-state index contributed by atoms with van der Waals surface area (Å²) in [7, 11) is 1.52. The Morgan fingerprint density at radius 1 is 1.67 bits per heavy atom. The Labute approximate surface area is 71.6 Å². The monoisotopic (exact) mass is 162 g/mol. The molecule has 0 atom stereocenters. The van der Waals surface area contributed by atoms with Crippen molar-refractivity contribution in [1.82, 2.24) is 4.98 Å². The number of hydrogen-bond acceptors (Lipinski definition) is 3. The Kier molecular flexibility index (Phi) is 2.20. The Hall–Kier alpha value is -1.69. The van der Waals surface area contributed by atoms with E-state index < -0.39 is 0 Å². The molecule has 0 saturated heterocycles. The second-order valence-corrected chi connectivity index (χ2v) is 2.38. The third-order valence-electron chi connectivity index (χ3n) is 1.48. The minimum absolute atomic E-state index is 0.412. The van der Waals surface area contributed by atoms with Gasteiger partial charge in [-0.1, -0.05) is 5.92 Å². The molecule has 0 fully saturated rings. The van der Waals surface area contributed by atoms with Gasteiger partial charge in [-0.05, 0) is 13.0 Å². The number of nitrogens with zero attached hydrogens (tertiary/aromatic N) is 1. The largest absolute Gasteiger partial charge is 0.480 e. The fourth-order valence-corrected chi connectivity index (χ4v) is 0.962. The molecule has 3 heteroatoms. The number of nitrogens with two attached hydrogens (primary N) is 1. The number of methoxy groups -OCH3 is 1. The average molecular weight is 162 g/mol. The molecule has 2 N–H and O–H groups in total. The van der Waals surface area contributed by atoms with Gasteiger partial charge in [-0.3, -0.25) is 0 Å². The summed E-state index contributed by atoms with van der Waals surface area (Å²) in [5.74, 6) is 2.84. The molecule has 0 unspecified atom stereocenters. The van der Waals surface area contributed by atoms with E-state index in [0.717, 1.165) is 5.69 Å². The van der Waals surface area contributed by atoms with Crippen LogP contribution in [0.1, 0.15) is 11.3 Å². The van der Waals surface area contributed by atoms with Crippen LogP contribution < -0.4 is 10.5 Å². The van der Waals surface area contributed by atoms with E-state index in [1.807, 2.05) is 6.92 Å². The zero-order valence-electron chi connectivity index (χ0n) is 7.09. The molecule has 0 amide bonds. The molecular weight excluding hydrogens is 152 g/mol. The molecule has 0 radical (unpaired) electrons. The van der Waals surface area contributed by atoms with Crippen molar-refractivity contribution in [2.75, 3.05) is 12.8 Å². The maximum atomic E-state index is 5.65. The molecule has 1 aromatic rings. The summed E-state index contributed by atoms with van der Waals surface area (Å²) in [6, 6.07) is 1.72. The van der Waals surface area contributed by atoms with Crippen molar-refractivity contribution in [2.45, 2.75) is 6.92 Å². The summed E-state index contributed by atoms with van der Waals surface area (Å²) in [4.78, 5) is 4.08. The molecule has 12 heavy (non-hydrogen) atoms. The first kappa shape index (κ1) is 8.41. The summed E-state index contributed by atoms with van der Waals surface area (Å²) in [6.07, 6.45) is 5.23. The molecule has 1 heterocycles. The first-order chi connectivity index (χ1) is 5.69. The number of aryl methyl sites for hydroxylation is 1. The lowest BCUT2D eigenvalue weighted by Crippen LogP contribution is -1.99. The van der Waals surface area contributed by atoms with E-state index in [4.69, 9.17) is 16.9 Å². The summed E-state index contributed by atoms with van der Waals surface area (Å²) in [5, 5.41) is 0. The summed E-state index contributed by atoms with van der Waals surface area (Å²) in [6.45, 7) is 1.83. The zero-order valence-corrected chi connectivity index (χ0v) is 7.09. The second kappa shape index (κ2) is 3.14. The van der Waals surface area contributed by atoms with Crippen LogP contribution in [0.25, 0.3) is 0 Å². The highest BCUT2D eigenvalue weighted by Crippen LogP contribution is 2.21. The van der Waals surface area contributed by atoms with E-state index in [9.17, 15) is 0 Å². The van der Waals surface area contributed by atoms with Crippen molar-refractivity contribution in [2.24, 2.45) is 0 Å². The highest BCUT2D eigenvalue weighted by molar-refractivity contribution is 5.60. The number of terminal acetylenes is 1. The van der Waals surface area contributed by atoms with E-state index in [1.165, 1.54) is 7.11 Å². The van der Waals surface area contributed by atoms with Crippen molar-refractivity contribution >= 4 is 5.69 Å². The molecule has 3 nitrogen and oxygen atoms in total. The quantitative estimate of drug-likeness (QED) is 0.626. The summed E-state index contributed by atoms with van der Waals surface area (Å²) < 4.78 is 4.96. The maximum Gasteiger partial charge on any atom is 0.231 e. The fourth-order valence-electron chi connectivity index (χ4n) is 0.962. The van der Waals surface area contributed by atoms with Crippen molar-refractivity contribution in [3.63, 3.8) is 0 Å². The van der Waals surface area contributed by atoms with Crippen LogP contribution in [0.2, 0.25) is 0 Å². The van der Waals surface area contributed by atoms with Crippen molar-refractivity contribution < 1.29 is 4.74 Å². The van der Waals surface area contributed by atoms with Crippen LogP contribution in [0.3, 0.4) is 0 Å². The zero-order chi connectivity index (χ0) is 9.14. The first-order valence-corrected chi connectivity index (χ1v) is 3.46. The molecule has 0 aliphatic carbocycles. The predicted octanol–water partition coefficient (Wildman–Crippen LogP) is 0.962. The van der Waals surface area contributed by atoms with Gasteiger partial charge in [-0.2, -0.15) is 0 Å². The lowest BCUT2D eigenvalue weighted by Gasteiger charge is -2.05. The van der Waals surface area contributed by atoms with Crippen molar-refractivity contribution in [1.29, 1.82) is 0 Å². The molecule has 0 spiro atoms. The lowest BCUT2D eigenvalue weighted by atomic mass is 10.2. The van der Waals surface area contributed by atoms with Gasteiger partial charge in [-0.15, -0.1) is 6.42 Å². The Bertz CT molecular complexity index is 339. The topological polar surface area (TPSA) is 48.1 Å². The number of ether oxygens (including phenoxy) is 1. The molecule has 0 aliphatic heterocycles. The minimum atomic E-state index is 0.412. The van der Waals surface area contributed by atoms with Gasteiger partial charge in [0.05, 0.1) is 12.8 Å². The standard InChI is InChI=1S/C9H10N2O/c1-4-7-8(10)5-6(2)11-9(7)12-3/h1,5H,2-3H3,(H2,10,11). The van der Waals surface area contributed by atoms with Crippen LogP contribution in [0.4, 0.5) is 5.69 Å². The third kappa shape index (κ3) is 1.32. The van der Waals surface area contributed by atoms with E-state index in [0.29, 0.717) is 17.1 Å². The second-order valence-electron chi connectivity index (χ2n) is 2.38. The number of aromatic nitrogens is 1. The summed E-state index contributed by atoms with van der Waals surface area (Å²) in [5.41, 5.74) is 7.49. The van der Waals surface area contributed by atoms with Crippen LogP contribution in [-0.2, 0) is 0 Å². The van der Waals surface area contributed by atoms with Crippen LogP contribution in [-0.4, -0.2) is 12.1 Å². The van der Waals surface area contributed by atoms with Crippen LogP contribution >= 0.6 is 0 Å². The molecule has 0 bridgehead atoms. The van der Waals surface area contributed by atoms with Crippen molar-refractivity contribution in [3.8, 4) is 18.2 Å². The fraction of sp³-hybridized carbons (Fsp3) is 0.222. The number of nitrogen functional groups attached to an aromatic ring is 1. The average Bonchev–Trinajstić information content (AvgIpc) is 2.03. The molecule has 0 aliphatic rings. The number of anilines is 1. The van der Waals surface area contributed by atoms with Crippen molar-refractivity contribution in [3.05, 3.63) is 17.3 Å². The third-order valence-corrected chi connectivity index (χ3v) is 1.48. The minimum Gasteiger partial charge on any atom is -0.480 e. The Balaban J connectivity index is 3.36. The molecule has 0 saturated carbocycles. The van der Waals surface area contributed by atoms with E-state index in [1.54, 1.807) is 6.07 Å². The van der Waals surface area contributed by atoms with Crippen LogP contribution in [0.15, 0.2) is 6.07 Å². The van der Waals surface area contributed by atoms with Crippen LogP contribution in [0, 0.1) is 19.3 Å². The number of pyridine rings is 1. The van der Waals surface area contributed by atoms with Gasteiger partial charge in [0.2, 0.25) is 5.88 Å². The Morgan fingerprint density at radius 3 is 2.83 bits per heavy atom. The Morgan fingerprint density at radius 2 is 2.33 bits per heavy atom. The van der Waals surface area contributed by atoms with Gasteiger partial charge in [-0.25, -0.2) is 4.98 Å². The van der Waals surface area contributed by atoms with Crippen LogP contribution in [0.5, 0.6) is 5.88 Å². The molecule has 1 rings (SSSR count). The van der Waals surface area contributed by atoms with Gasteiger partial charge in [0.15, 0.2) is 0 Å². The highest BCUT2D eigenvalue weighted by atomic mass is 16.5. The van der Waals surface area contributed by atoms with Gasteiger partial charge < -0.3 is 10.5 Å². The molecular formula is C9H10N2O. The summed E-state index contributed by atoms with van der Waals surface area (Å²) >= 11 is 0.